The van der Waals surface area contributed by atoms with Gasteiger partial charge < -0.3 is 10.2 Å². The van der Waals surface area contributed by atoms with E-state index in [2.05, 4.69) is 17.4 Å². The van der Waals surface area contributed by atoms with Crippen molar-refractivity contribution in [2.24, 2.45) is 0 Å². The average molecular weight is 318 g/mol. The fraction of sp³-hybridized carbons (Fsp3) is 0.267. The topological polar surface area (TPSA) is 49.4 Å². The van der Waals surface area contributed by atoms with Crippen molar-refractivity contribution >= 4 is 43.6 Å². The maximum atomic E-state index is 11.8. The predicted octanol–water partition coefficient (Wildman–Crippen LogP) is 1.70. The van der Waals surface area contributed by atoms with Crippen LogP contribution in [0.4, 0.5) is 5.69 Å². The van der Waals surface area contributed by atoms with Crippen LogP contribution in [0.2, 0.25) is 0 Å². The number of fused-ring (bicyclic) bond motifs is 2. The van der Waals surface area contributed by atoms with E-state index in [1.165, 1.54) is 0 Å². The van der Waals surface area contributed by atoms with Crippen LogP contribution in [0.3, 0.4) is 0 Å². The molecule has 2 aliphatic heterocycles. The van der Waals surface area contributed by atoms with E-state index in [0.717, 1.165) is 16.5 Å². The molecule has 0 unspecified atom stereocenters. The van der Waals surface area contributed by atoms with Crippen molar-refractivity contribution in [2.45, 2.75) is 12.1 Å². The Morgan fingerprint density at radius 1 is 1.10 bits per heavy atom. The lowest BCUT2D eigenvalue weighted by Crippen LogP contribution is -2.36. The van der Waals surface area contributed by atoms with Crippen LogP contribution in [0, 0.1) is 0 Å². The van der Waals surface area contributed by atoms with Crippen molar-refractivity contribution in [3.05, 3.63) is 42.5 Å². The van der Waals surface area contributed by atoms with E-state index < -0.39 is 9.84 Å². The summed E-state index contributed by atoms with van der Waals surface area (Å²) in [4.78, 5) is 1.96. The fourth-order valence-corrected chi connectivity index (χ4v) is 5.52. The van der Waals surface area contributed by atoms with E-state index >= 15 is 0 Å². The van der Waals surface area contributed by atoms with Crippen LogP contribution >= 0.6 is 12.2 Å². The summed E-state index contributed by atoms with van der Waals surface area (Å²) in [6, 6.07) is 14.0. The Hall–Kier alpha value is -1.66. The number of anilines is 1. The summed E-state index contributed by atoms with van der Waals surface area (Å²) in [5.41, 5.74) is 0.954. The quantitative estimate of drug-likeness (QED) is 0.811. The van der Waals surface area contributed by atoms with Crippen molar-refractivity contribution in [3.8, 4) is 0 Å². The predicted molar refractivity (Wildman–Crippen MR) is 88.4 cm³/mol. The second kappa shape index (κ2) is 4.42. The maximum absolute atomic E-state index is 11.8. The molecule has 21 heavy (non-hydrogen) atoms. The first-order valence-corrected chi connectivity index (χ1v) is 9.05. The molecule has 0 spiro atoms. The minimum Gasteiger partial charge on any atom is -0.356 e. The van der Waals surface area contributed by atoms with Crippen molar-refractivity contribution in [1.29, 1.82) is 0 Å². The molecule has 0 aromatic heterocycles. The Kier molecular flexibility index (Phi) is 2.74. The molecule has 4 nitrogen and oxygen atoms in total. The molecule has 2 aliphatic rings. The van der Waals surface area contributed by atoms with Gasteiger partial charge in [0.1, 0.15) is 0 Å². The van der Waals surface area contributed by atoms with Gasteiger partial charge in [-0.05, 0) is 35.1 Å². The van der Waals surface area contributed by atoms with Gasteiger partial charge in [-0.3, -0.25) is 0 Å². The van der Waals surface area contributed by atoms with E-state index in [1.807, 2.05) is 35.2 Å². The number of nitrogens with zero attached hydrogens (tertiary/aromatic N) is 1. The van der Waals surface area contributed by atoms with Crippen LogP contribution < -0.4 is 10.2 Å². The third-order valence-corrected chi connectivity index (χ3v) is 6.22. The lowest BCUT2D eigenvalue weighted by molar-refractivity contribution is 0.600. The molecule has 2 atom stereocenters. The van der Waals surface area contributed by atoms with Gasteiger partial charge in [-0.25, -0.2) is 8.42 Å². The minimum absolute atomic E-state index is 0.0889. The molecule has 2 fully saturated rings. The second-order valence-electron chi connectivity index (χ2n) is 5.60. The summed E-state index contributed by atoms with van der Waals surface area (Å²) < 4.78 is 23.7. The first-order valence-electron chi connectivity index (χ1n) is 6.82. The molecule has 0 radical (unpaired) electrons. The zero-order valence-electron chi connectivity index (χ0n) is 11.2. The highest BCUT2D eigenvalue weighted by atomic mass is 32.2. The van der Waals surface area contributed by atoms with Gasteiger partial charge in [0, 0.05) is 5.69 Å². The van der Waals surface area contributed by atoms with Gasteiger partial charge in [-0.2, -0.15) is 0 Å². The van der Waals surface area contributed by atoms with Crippen LogP contribution in [-0.4, -0.2) is 37.1 Å². The van der Waals surface area contributed by atoms with Crippen molar-refractivity contribution in [1.82, 2.24) is 5.32 Å². The van der Waals surface area contributed by atoms with Crippen LogP contribution in [0.5, 0.6) is 0 Å². The Morgan fingerprint density at radius 2 is 1.86 bits per heavy atom. The Balaban J connectivity index is 1.78. The third-order valence-electron chi connectivity index (χ3n) is 4.19. The number of thiocarbonyl (C=S) groups is 1. The first-order chi connectivity index (χ1) is 10.0. The molecule has 0 bridgehead atoms. The molecule has 6 heteroatoms. The Labute approximate surface area is 128 Å². The molecular weight excluding hydrogens is 304 g/mol. The number of sulfone groups is 1. The van der Waals surface area contributed by atoms with Gasteiger partial charge in [-0.15, -0.1) is 0 Å². The summed E-state index contributed by atoms with van der Waals surface area (Å²) in [7, 11) is -2.98. The van der Waals surface area contributed by atoms with E-state index in [0.29, 0.717) is 5.11 Å². The van der Waals surface area contributed by atoms with Gasteiger partial charge in [0.05, 0.1) is 23.6 Å². The molecule has 108 valence electrons. The highest BCUT2D eigenvalue weighted by Crippen LogP contribution is 2.31. The molecule has 4 rings (SSSR count). The van der Waals surface area contributed by atoms with E-state index in [4.69, 9.17) is 12.2 Å². The number of hydrogen-bond donors (Lipinski definition) is 1. The molecule has 0 saturated carbocycles. The molecule has 0 amide bonds. The van der Waals surface area contributed by atoms with Gasteiger partial charge in [-0.1, -0.05) is 30.3 Å². The fourth-order valence-electron chi connectivity index (χ4n) is 3.24. The Bertz CT molecular complexity index is 848. The van der Waals surface area contributed by atoms with Crippen LogP contribution in [0.1, 0.15) is 0 Å². The van der Waals surface area contributed by atoms with Crippen molar-refractivity contribution in [2.75, 3.05) is 16.4 Å². The number of nitrogens with one attached hydrogen (secondary N) is 1. The third kappa shape index (κ3) is 2.10. The van der Waals surface area contributed by atoms with Crippen LogP contribution in [-0.2, 0) is 9.84 Å². The zero-order chi connectivity index (χ0) is 14.6. The lowest BCUT2D eigenvalue weighted by atomic mass is 10.1. The summed E-state index contributed by atoms with van der Waals surface area (Å²) in [5, 5.41) is 6.06. The molecule has 2 saturated heterocycles. The smallest absolute Gasteiger partial charge is 0.174 e. The minimum atomic E-state index is -2.98. The van der Waals surface area contributed by atoms with Crippen molar-refractivity contribution < 1.29 is 8.42 Å². The summed E-state index contributed by atoms with van der Waals surface area (Å²) in [6.07, 6.45) is 0. The van der Waals surface area contributed by atoms with Gasteiger partial charge in [0.2, 0.25) is 0 Å². The SMILES string of the molecule is O=S1(=O)C[C@H]2NC(=S)N(c3ccc4ccccc4c3)[C@H]2C1. The lowest BCUT2D eigenvalue weighted by Gasteiger charge is -2.23. The number of benzene rings is 2. The van der Waals surface area contributed by atoms with Crippen LogP contribution in [0.15, 0.2) is 42.5 Å². The van der Waals surface area contributed by atoms with Gasteiger partial charge in [0.25, 0.3) is 0 Å². The molecule has 2 aromatic carbocycles. The largest absolute Gasteiger partial charge is 0.356 e. The standard InChI is InChI=1S/C15H14N2O2S2/c18-21(19)8-13-14(9-21)17(15(20)16-13)12-6-5-10-3-1-2-4-11(10)7-12/h1-7,13-14H,8-9H2,(H,16,20)/t13-,14+/m1/s1. The van der Waals surface area contributed by atoms with Gasteiger partial charge in [0.15, 0.2) is 14.9 Å². The van der Waals surface area contributed by atoms with E-state index in [1.54, 1.807) is 0 Å². The summed E-state index contributed by atoms with van der Waals surface area (Å²) in [6.45, 7) is 0. The van der Waals surface area contributed by atoms with Crippen LogP contribution in [0.25, 0.3) is 10.8 Å². The highest BCUT2D eigenvalue weighted by Gasteiger charge is 2.47. The number of rotatable bonds is 1. The number of hydrogen-bond acceptors (Lipinski definition) is 3. The Morgan fingerprint density at radius 3 is 2.67 bits per heavy atom. The molecule has 2 heterocycles. The normalized spacial score (nSPS) is 26.9. The van der Waals surface area contributed by atoms with Gasteiger partial charge >= 0.3 is 0 Å². The zero-order valence-corrected chi connectivity index (χ0v) is 12.8. The molecule has 2 aromatic rings. The molecule has 0 aliphatic carbocycles. The monoisotopic (exact) mass is 318 g/mol. The van der Waals surface area contributed by atoms with Crippen molar-refractivity contribution in [3.63, 3.8) is 0 Å². The summed E-state index contributed by atoms with van der Waals surface area (Å²) >= 11 is 5.39. The average Bonchev–Trinajstić information content (AvgIpc) is 2.88. The molecular formula is C15H14N2O2S2. The van der Waals surface area contributed by atoms with E-state index in [-0.39, 0.29) is 23.6 Å². The maximum Gasteiger partial charge on any atom is 0.174 e. The van der Waals surface area contributed by atoms with E-state index in [9.17, 15) is 8.42 Å². The molecule has 1 N–H and O–H groups in total. The first kappa shape index (κ1) is 13.0. The second-order valence-corrected chi connectivity index (χ2v) is 8.14. The highest BCUT2D eigenvalue weighted by molar-refractivity contribution is 7.91. The summed E-state index contributed by atoms with van der Waals surface area (Å²) in [5.74, 6) is 0.333.